The first-order chi connectivity index (χ1) is 19.8. The second-order valence-corrected chi connectivity index (χ2v) is 12.9. The molecule has 0 saturated carbocycles. The molecule has 0 radical (unpaired) electrons. The number of hydrogen-bond donors (Lipinski definition) is 0. The summed E-state index contributed by atoms with van der Waals surface area (Å²) in [5.74, 6) is 0.828. The minimum Gasteiger partial charge on any atom is -0.492 e. The molecule has 3 fully saturated rings. The molecule has 7 heteroatoms. The first-order valence-electron chi connectivity index (χ1n) is 15.6. The third-order valence-electron chi connectivity index (χ3n) is 8.66. The summed E-state index contributed by atoms with van der Waals surface area (Å²) >= 11 is 0. The fourth-order valence-electron chi connectivity index (χ4n) is 6.72. The average Bonchev–Trinajstić information content (AvgIpc) is 3.56. The molecule has 2 aromatic rings. The lowest BCUT2D eigenvalue weighted by atomic mass is 9.96. The number of carbonyl (C=O) groups is 2. The molecule has 5 rings (SSSR count). The molecular weight excluding hydrogens is 514 g/mol. The highest BCUT2D eigenvalue weighted by Gasteiger charge is 2.48. The van der Waals surface area contributed by atoms with Gasteiger partial charge in [-0.25, -0.2) is 4.79 Å². The molecule has 0 unspecified atom stereocenters. The Morgan fingerprint density at radius 3 is 2.27 bits per heavy atom. The molecule has 41 heavy (non-hydrogen) atoms. The standard InChI is InChI=1S/C34H47N3O4/c1-34(2,3)41-33(39)36-21-9-5-8-14-30-31(36)25-28(24-26-12-6-4-7-13-26)37(30)32(38)27-15-17-29(18-16-27)40-23-22-35-19-10-11-20-35/h4,6-7,12-13,15-18,28,30-31H,5,8-11,14,19-25H2,1-3H3/t28-,30-,31+/m0/s1. The Kier molecular flexibility index (Phi) is 9.53. The summed E-state index contributed by atoms with van der Waals surface area (Å²) in [5, 5.41) is 0. The Balaban J connectivity index is 1.36. The van der Waals surface area contributed by atoms with E-state index >= 15 is 0 Å². The SMILES string of the molecule is CC(C)(C)OC(=O)N1CCCCC[C@H]2[C@H]1C[C@H](Cc1ccccc1)N2C(=O)c1ccc(OCCN2CCCC2)cc1. The fourth-order valence-corrected chi connectivity index (χ4v) is 6.72. The summed E-state index contributed by atoms with van der Waals surface area (Å²) in [6.07, 6.45) is 7.73. The Morgan fingerprint density at radius 2 is 1.56 bits per heavy atom. The van der Waals surface area contributed by atoms with Gasteiger partial charge in [-0.15, -0.1) is 0 Å². The summed E-state index contributed by atoms with van der Waals surface area (Å²) < 4.78 is 11.9. The van der Waals surface area contributed by atoms with Gasteiger partial charge in [0.1, 0.15) is 18.0 Å². The van der Waals surface area contributed by atoms with Crippen LogP contribution in [0.25, 0.3) is 0 Å². The van der Waals surface area contributed by atoms with Crippen LogP contribution in [0.5, 0.6) is 5.75 Å². The smallest absolute Gasteiger partial charge is 0.410 e. The van der Waals surface area contributed by atoms with E-state index in [2.05, 4.69) is 34.1 Å². The Bertz CT molecular complexity index is 1140. The highest BCUT2D eigenvalue weighted by Crippen LogP contribution is 2.37. The van der Waals surface area contributed by atoms with Crippen molar-refractivity contribution in [3.05, 3.63) is 65.7 Å². The molecule has 3 heterocycles. The highest BCUT2D eigenvalue weighted by atomic mass is 16.6. The van der Waals surface area contributed by atoms with Crippen LogP contribution in [0, 0.1) is 0 Å². The van der Waals surface area contributed by atoms with Crippen LogP contribution in [-0.4, -0.2) is 83.2 Å². The average molecular weight is 562 g/mol. The maximum atomic E-state index is 14.2. The van der Waals surface area contributed by atoms with Crippen LogP contribution in [0.15, 0.2) is 54.6 Å². The van der Waals surface area contributed by atoms with Crippen molar-refractivity contribution in [2.75, 3.05) is 32.8 Å². The molecule has 3 aliphatic rings. The molecule has 3 aliphatic heterocycles. The maximum Gasteiger partial charge on any atom is 0.410 e. The van der Waals surface area contributed by atoms with E-state index in [0.29, 0.717) is 18.7 Å². The van der Waals surface area contributed by atoms with Crippen LogP contribution in [0.2, 0.25) is 0 Å². The van der Waals surface area contributed by atoms with Gasteiger partial charge >= 0.3 is 6.09 Å². The van der Waals surface area contributed by atoms with Crippen molar-refractivity contribution in [2.24, 2.45) is 0 Å². The lowest BCUT2D eigenvalue weighted by molar-refractivity contribution is 0.00882. The van der Waals surface area contributed by atoms with Gasteiger partial charge in [-0.1, -0.05) is 43.2 Å². The molecule has 0 N–H and O–H groups in total. The maximum absolute atomic E-state index is 14.2. The fraction of sp³-hybridized carbons (Fsp3) is 0.588. The molecular formula is C34H47N3O4. The van der Waals surface area contributed by atoms with E-state index < -0.39 is 5.60 Å². The lowest BCUT2D eigenvalue weighted by Crippen LogP contribution is -2.52. The Labute approximate surface area is 245 Å². The second kappa shape index (κ2) is 13.3. The van der Waals surface area contributed by atoms with Crippen molar-refractivity contribution in [1.82, 2.24) is 14.7 Å². The third-order valence-corrected chi connectivity index (χ3v) is 8.66. The van der Waals surface area contributed by atoms with Crippen molar-refractivity contribution in [1.29, 1.82) is 0 Å². The van der Waals surface area contributed by atoms with Gasteiger partial charge in [0.25, 0.3) is 5.91 Å². The van der Waals surface area contributed by atoms with Crippen LogP contribution in [0.3, 0.4) is 0 Å². The molecule has 0 aliphatic carbocycles. The predicted molar refractivity (Wildman–Crippen MR) is 161 cm³/mol. The van der Waals surface area contributed by atoms with Gasteiger partial charge in [0.05, 0.1) is 12.1 Å². The minimum atomic E-state index is -0.565. The predicted octanol–water partition coefficient (Wildman–Crippen LogP) is 6.17. The first-order valence-corrected chi connectivity index (χ1v) is 15.6. The molecule has 2 aromatic carbocycles. The number of carbonyl (C=O) groups excluding carboxylic acids is 2. The minimum absolute atomic E-state index is 0.000625. The second-order valence-electron chi connectivity index (χ2n) is 12.9. The van der Waals surface area contributed by atoms with Crippen LogP contribution in [-0.2, 0) is 11.2 Å². The van der Waals surface area contributed by atoms with Crippen molar-refractivity contribution in [3.63, 3.8) is 0 Å². The number of likely N-dealkylation sites (tertiary alicyclic amines) is 3. The zero-order valence-corrected chi connectivity index (χ0v) is 25.1. The number of amides is 2. The first kappa shape index (κ1) is 29.4. The van der Waals surface area contributed by atoms with Crippen molar-refractivity contribution < 1.29 is 19.1 Å². The van der Waals surface area contributed by atoms with Gasteiger partial charge in [0.15, 0.2) is 0 Å². The molecule has 222 valence electrons. The topological polar surface area (TPSA) is 62.3 Å². The Hall–Kier alpha value is -3.06. The molecule has 7 nitrogen and oxygen atoms in total. The summed E-state index contributed by atoms with van der Waals surface area (Å²) in [7, 11) is 0. The monoisotopic (exact) mass is 561 g/mol. The summed E-state index contributed by atoms with van der Waals surface area (Å²) in [6, 6.07) is 17.9. The highest BCUT2D eigenvalue weighted by molar-refractivity contribution is 5.95. The van der Waals surface area contributed by atoms with Gasteiger partial charge in [-0.05, 0) is 102 Å². The largest absolute Gasteiger partial charge is 0.492 e. The van der Waals surface area contributed by atoms with E-state index in [1.54, 1.807) is 0 Å². The third kappa shape index (κ3) is 7.62. The molecule has 0 aromatic heterocycles. The van der Waals surface area contributed by atoms with Gasteiger partial charge in [0.2, 0.25) is 0 Å². The van der Waals surface area contributed by atoms with E-state index in [-0.39, 0.29) is 30.1 Å². The van der Waals surface area contributed by atoms with Gasteiger partial charge in [-0.2, -0.15) is 0 Å². The van der Waals surface area contributed by atoms with Crippen molar-refractivity contribution in [3.8, 4) is 5.75 Å². The summed E-state index contributed by atoms with van der Waals surface area (Å²) in [6.45, 7) is 10.3. The molecule has 3 saturated heterocycles. The molecule has 3 atom stereocenters. The van der Waals surface area contributed by atoms with Gasteiger partial charge in [0, 0.05) is 24.7 Å². The van der Waals surface area contributed by atoms with E-state index in [9.17, 15) is 9.59 Å². The van der Waals surface area contributed by atoms with Crippen LogP contribution in [0.1, 0.15) is 81.6 Å². The Morgan fingerprint density at radius 1 is 0.854 bits per heavy atom. The number of rotatable bonds is 7. The summed E-state index contributed by atoms with van der Waals surface area (Å²) in [5.41, 5.74) is 1.31. The van der Waals surface area contributed by atoms with Crippen molar-refractivity contribution >= 4 is 12.0 Å². The van der Waals surface area contributed by atoms with Gasteiger partial charge < -0.3 is 19.3 Å². The van der Waals surface area contributed by atoms with E-state index in [0.717, 1.165) is 63.9 Å². The van der Waals surface area contributed by atoms with Crippen LogP contribution < -0.4 is 4.74 Å². The van der Waals surface area contributed by atoms with Crippen LogP contribution in [0.4, 0.5) is 4.79 Å². The number of fused-ring (bicyclic) bond motifs is 1. The van der Waals surface area contributed by atoms with Crippen LogP contribution >= 0.6 is 0 Å². The van der Waals surface area contributed by atoms with Gasteiger partial charge in [-0.3, -0.25) is 9.69 Å². The number of nitrogens with zero attached hydrogens (tertiary/aromatic N) is 3. The normalized spacial score (nSPS) is 23.5. The van der Waals surface area contributed by atoms with E-state index in [1.807, 2.05) is 56.0 Å². The van der Waals surface area contributed by atoms with E-state index in [1.165, 1.54) is 18.4 Å². The zero-order chi connectivity index (χ0) is 28.8. The lowest BCUT2D eigenvalue weighted by Gasteiger charge is -2.38. The molecule has 0 bridgehead atoms. The van der Waals surface area contributed by atoms with Crippen molar-refractivity contribution in [2.45, 2.75) is 95.9 Å². The number of hydrogen-bond acceptors (Lipinski definition) is 5. The number of benzene rings is 2. The number of ether oxygens (including phenoxy) is 2. The molecule has 2 amide bonds. The molecule has 0 spiro atoms. The summed E-state index contributed by atoms with van der Waals surface area (Å²) in [4.78, 5) is 34.1. The zero-order valence-electron chi connectivity index (χ0n) is 25.1. The van der Waals surface area contributed by atoms with E-state index in [4.69, 9.17) is 9.47 Å². The quantitative estimate of drug-likeness (QED) is 0.405.